The van der Waals surface area contributed by atoms with Gasteiger partial charge in [-0.3, -0.25) is 0 Å². The molecule has 0 N–H and O–H groups in total. The van der Waals surface area contributed by atoms with E-state index < -0.39 is 5.41 Å². The molecule has 1 aliphatic rings. The average molecular weight is 680 g/mol. The third kappa shape index (κ3) is 4.65. The maximum atomic E-state index is 6.99. The highest BCUT2D eigenvalue weighted by molar-refractivity contribution is 6.13. The Morgan fingerprint density at radius 3 is 1.58 bits per heavy atom. The van der Waals surface area contributed by atoms with Crippen molar-refractivity contribution in [3.63, 3.8) is 0 Å². The van der Waals surface area contributed by atoms with Gasteiger partial charge < -0.3 is 9.32 Å². The Balaban J connectivity index is 1.23. The molecule has 1 aliphatic carbocycles. The standard InChI is InChI=1S/C51H37NO/c1-34-32-38(51(37-20-8-4-9-21-37)45-29-14-12-24-41(45)42-25-13-15-30-46(42)51)33-35(2)48(34)52(39-22-10-5-11-23-39)47-31-17-28-44-43-27-16-26-40(49(43)53-50(44)47)36-18-6-3-7-19-36/h3-33H,1-2H3. The molecule has 0 bridgehead atoms. The van der Waals surface area contributed by atoms with Crippen LogP contribution in [0.15, 0.2) is 192 Å². The predicted octanol–water partition coefficient (Wildman–Crippen LogP) is 13.7. The molecule has 2 nitrogen and oxygen atoms in total. The largest absolute Gasteiger partial charge is 0.453 e. The Morgan fingerprint density at radius 2 is 0.943 bits per heavy atom. The number of benzene rings is 8. The minimum atomic E-state index is -0.466. The SMILES string of the molecule is Cc1cc(C2(c3ccccc3)c3ccccc3-c3ccccc32)cc(C)c1N(c1ccccc1)c1cccc2c1oc1c(-c3ccccc3)cccc12. The Morgan fingerprint density at radius 1 is 0.434 bits per heavy atom. The van der Waals surface area contributed by atoms with E-state index in [2.05, 4.69) is 207 Å². The topological polar surface area (TPSA) is 16.4 Å². The fraction of sp³-hybridized carbons (Fsp3) is 0.0588. The van der Waals surface area contributed by atoms with Gasteiger partial charge in [-0.25, -0.2) is 0 Å². The number of furan rings is 1. The van der Waals surface area contributed by atoms with Crippen molar-refractivity contribution in [1.29, 1.82) is 0 Å². The summed E-state index contributed by atoms with van der Waals surface area (Å²) in [5.74, 6) is 0. The maximum absolute atomic E-state index is 6.99. The molecule has 0 unspecified atom stereocenters. The van der Waals surface area contributed by atoms with Crippen LogP contribution in [0, 0.1) is 13.8 Å². The fourth-order valence-electron chi connectivity index (χ4n) is 9.03. The second kappa shape index (κ2) is 12.3. The number of fused-ring (bicyclic) bond motifs is 6. The lowest BCUT2D eigenvalue weighted by Crippen LogP contribution is -2.29. The lowest BCUT2D eigenvalue weighted by molar-refractivity contribution is 0.670. The van der Waals surface area contributed by atoms with Crippen LogP contribution in [0.25, 0.3) is 44.2 Å². The van der Waals surface area contributed by atoms with Gasteiger partial charge in [0.2, 0.25) is 0 Å². The molecule has 0 saturated heterocycles. The van der Waals surface area contributed by atoms with Gasteiger partial charge in [-0.1, -0.05) is 170 Å². The highest BCUT2D eigenvalue weighted by atomic mass is 16.3. The van der Waals surface area contributed by atoms with Crippen LogP contribution in [0.3, 0.4) is 0 Å². The number of para-hydroxylation sites is 3. The first-order valence-electron chi connectivity index (χ1n) is 18.4. The van der Waals surface area contributed by atoms with E-state index >= 15 is 0 Å². The van der Waals surface area contributed by atoms with Crippen LogP contribution < -0.4 is 4.90 Å². The molecule has 53 heavy (non-hydrogen) atoms. The normalized spacial score (nSPS) is 12.9. The summed E-state index contributed by atoms with van der Waals surface area (Å²) >= 11 is 0. The average Bonchev–Trinajstić information content (AvgIpc) is 3.75. The van der Waals surface area contributed by atoms with E-state index in [0.29, 0.717) is 0 Å². The molecule has 0 amide bonds. The van der Waals surface area contributed by atoms with Crippen LogP contribution in [-0.4, -0.2) is 0 Å². The van der Waals surface area contributed by atoms with Crippen molar-refractivity contribution < 1.29 is 4.42 Å². The Hall–Kier alpha value is -6.64. The van der Waals surface area contributed by atoms with Gasteiger partial charge >= 0.3 is 0 Å². The summed E-state index contributed by atoms with van der Waals surface area (Å²) in [7, 11) is 0. The number of nitrogens with zero attached hydrogens (tertiary/aromatic N) is 1. The lowest BCUT2D eigenvalue weighted by atomic mass is 9.67. The number of rotatable bonds is 6. The molecular weight excluding hydrogens is 643 g/mol. The molecule has 2 heteroatoms. The molecule has 0 atom stereocenters. The molecule has 0 fully saturated rings. The van der Waals surface area contributed by atoms with Crippen molar-refractivity contribution in [2.24, 2.45) is 0 Å². The number of hydrogen-bond acceptors (Lipinski definition) is 2. The van der Waals surface area contributed by atoms with Crippen LogP contribution in [0.5, 0.6) is 0 Å². The van der Waals surface area contributed by atoms with Gasteiger partial charge in [-0.05, 0) is 82.1 Å². The van der Waals surface area contributed by atoms with E-state index in [0.717, 1.165) is 50.1 Å². The van der Waals surface area contributed by atoms with Gasteiger partial charge in [-0.15, -0.1) is 0 Å². The summed E-state index contributed by atoms with van der Waals surface area (Å²) < 4.78 is 6.99. The van der Waals surface area contributed by atoms with E-state index in [1.165, 1.54) is 44.5 Å². The maximum Gasteiger partial charge on any atom is 0.159 e. The lowest BCUT2D eigenvalue weighted by Gasteiger charge is -2.36. The van der Waals surface area contributed by atoms with Crippen molar-refractivity contribution in [2.75, 3.05) is 4.90 Å². The second-order valence-corrected chi connectivity index (χ2v) is 14.1. The third-order valence-electron chi connectivity index (χ3n) is 11.2. The van der Waals surface area contributed by atoms with E-state index in [-0.39, 0.29) is 0 Å². The molecule has 10 rings (SSSR count). The Bertz CT molecular complexity index is 2730. The van der Waals surface area contributed by atoms with Gasteiger partial charge in [0.1, 0.15) is 5.58 Å². The van der Waals surface area contributed by atoms with Crippen molar-refractivity contribution in [1.82, 2.24) is 0 Å². The molecule has 0 spiro atoms. The summed E-state index contributed by atoms with van der Waals surface area (Å²) in [5, 5.41) is 2.22. The summed E-state index contributed by atoms with van der Waals surface area (Å²) in [5.41, 5.74) is 16.9. The third-order valence-corrected chi connectivity index (χ3v) is 11.2. The van der Waals surface area contributed by atoms with Crippen LogP contribution in [0.4, 0.5) is 17.1 Å². The molecule has 0 aliphatic heterocycles. The molecule has 0 radical (unpaired) electrons. The zero-order chi connectivity index (χ0) is 35.5. The first-order valence-corrected chi connectivity index (χ1v) is 18.4. The minimum Gasteiger partial charge on any atom is -0.453 e. The first-order chi connectivity index (χ1) is 26.1. The zero-order valence-corrected chi connectivity index (χ0v) is 29.8. The quantitative estimate of drug-likeness (QED) is 0.174. The van der Waals surface area contributed by atoms with E-state index in [1.807, 2.05) is 0 Å². The van der Waals surface area contributed by atoms with Crippen LogP contribution in [0.1, 0.15) is 33.4 Å². The Kier molecular flexibility index (Phi) is 7.19. The van der Waals surface area contributed by atoms with E-state index in [4.69, 9.17) is 4.42 Å². The highest BCUT2D eigenvalue weighted by Crippen LogP contribution is 2.57. The molecule has 252 valence electrons. The van der Waals surface area contributed by atoms with Crippen molar-refractivity contribution in [2.45, 2.75) is 19.3 Å². The van der Waals surface area contributed by atoms with Gasteiger partial charge in [-0.2, -0.15) is 0 Å². The van der Waals surface area contributed by atoms with E-state index in [1.54, 1.807) is 0 Å². The van der Waals surface area contributed by atoms with Gasteiger partial charge in [0.15, 0.2) is 5.58 Å². The van der Waals surface area contributed by atoms with Crippen molar-refractivity contribution in [3.8, 4) is 22.3 Å². The van der Waals surface area contributed by atoms with Gasteiger partial charge in [0.25, 0.3) is 0 Å². The van der Waals surface area contributed by atoms with Gasteiger partial charge in [0, 0.05) is 22.0 Å². The summed E-state index contributed by atoms with van der Waals surface area (Å²) in [4.78, 5) is 2.40. The zero-order valence-electron chi connectivity index (χ0n) is 29.8. The second-order valence-electron chi connectivity index (χ2n) is 14.1. The Labute approximate surface area is 310 Å². The first kappa shape index (κ1) is 31.1. The smallest absolute Gasteiger partial charge is 0.159 e. The molecule has 1 aromatic heterocycles. The predicted molar refractivity (Wildman–Crippen MR) is 221 cm³/mol. The van der Waals surface area contributed by atoms with Crippen LogP contribution in [0.2, 0.25) is 0 Å². The van der Waals surface area contributed by atoms with Gasteiger partial charge in [0.05, 0.1) is 16.8 Å². The van der Waals surface area contributed by atoms with Crippen LogP contribution in [-0.2, 0) is 5.41 Å². The molecular formula is C51H37NO. The fourth-order valence-corrected chi connectivity index (χ4v) is 9.03. The monoisotopic (exact) mass is 679 g/mol. The number of hydrogen-bond donors (Lipinski definition) is 0. The molecule has 1 heterocycles. The number of anilines is 3. The van der Waals surface area contributed by atoms with Crippen LogP contribution >= 0.6 is 0 Å². The minimum absolute atomic E-state index is 0.466. The summed E-state index contributed by atoms with van der Waals surface area (Å²) in [6, 6.07) is 68.0. The highest BCUT2D eigenvalue weighted by Gasteiger charge is 2.46. The van der Waals surface area contributed by atoms with Crippen molar-refractivity contribution >= 4 is 39.0 Å². The number of aryl methyl sites for hydroxylation is 2. The summed E-state index contributed by atoms with van der Waals surface area (Å²) in [6.07, 6.45) is 0. The molecule has 9 aromatic rings. The molecule has 0 saturated carbocycles. The van der Waals surface area contributed by atoms with E-state index in [9.17, 15) is 0 Å². The molecule has 8 aromatic carbocycles. The summed E-state index contributed by atoms with van der Waals surface area (Å²) in [6.45, 7) is 4.53. The van der Waals surface area contributed by atoms with Crippen molar-refractivity contribution in [3.05, 3.63) is 221 Å².